The van der Waals surface area contributed by atoms with Gasteiger partial charge in [-0.25, -0.2) is 4.98 Å². The molecule has 2 aromatic rings. The molecule has 1 fully saturated rings. The number of benzene rings is 1. The van der Waals surface area contributed by atoms with Crippen LogP contribution in [0.2, 0.25) is 5.02 Å². The maximum Gasteiger partial charge on any atom is 0.137 e. The summed E-state index contributed by atoms with van der Waals surface area (Å²) >= 11 is 6.35. The van der Waals surface area contributed by atoms with Crippen LogP contribution in [0, 0.1) is 5.92 Å². The molecule has 1 aliphatic carbocycles. The van der Waals surface area contributed by atoms with Crippen LogP contribution < -0.4 is 0 Å². The van der Waals surface area contributed by atoms with Gasteiger partial charge in [0.05, 0.1) is 0 Å². The summed E-state index contributed by atoms with van der Waals surface area (Å²) in [5.41, 5.74) is 2.74. The van der Waals surface area contributed by atoms with E-state index in [4.69, 9.17) is 11.6 Å². The first kappa shape index (κ1) is 16.1. The third kappa shape index (κ3) is 2.77. The minimum absolute atomic E-state index is 0.294. The molecule has 2 aliphatic rings. The number of rotatable bonds is 3. The number of hydrogen-bond acceptors (Lipinski definition) is 3. The van der Waals surface area contributed by atoms with E-state index in [1.54, 1.807) is 6.20 Å². The first-order chi connectivity index (χ1) is 11.6. The van der Waals surface area contributed by atoms with Gasteiger partial charge >= 0.3 is 0 Å². The number of aliphatic hydroxyl groups is 1. The molecule has 0 amide bonds. The molecule has 1 N–H and O–H groups in total. The summed E-state index contributed by atoms with van der Waals surface area (Å²) < 4.78 is 1.92. The van der Waals surface area contributed by atoms with Crippen LogP contribution in [0.25, 0.3) is 0 Å². The SMILES string of the molecule is Cn1ccnc1C(O)C1CCN(C2CCc3c(Cl)cccc32)CC1. The molecule has 5 heteroatoms. The number of aryl methyl sites for hydroxylation is 1. The van der Waals surface area contributed by atoms with Gasteiger partial charge in [0.25, 0.3) is 0 Å². The molecule has 2 unspecified atom stereocenters. The van der Waals surface area contributed by atoms with Gasteiger partial charge in [0, 0.05) is 30.5 Å². The van der Waals surface area contributed by atoms with Crippen molar-refractivity contribution in [2.45, 2.75) is 37.8 Å². The van der Waals surface area contributed by atoms with Crippen molar-refractivity contribution in [3.63, 3.8) is 0 Å². The Morgan fingerprint density at radius 1 is 1.25 bits per heavy atom. The van der Waals surface area contributed by atoms with Crippen molar-refractivity contribution in [2.24, 2.45) is 13.0 Å². The van der Waals surface area contributed by atoms with E-state index in [0.29, 0.717) is 12.0 Å². The Bertz CT molecular complexity index is 721. The van der Waals surface area contributed by atoms with E-state index in [1.807, 2.05) is 23.9 Å². The molecular weight excluding hydrogens is 322 g/mol. The maximum absolute atomic E-state index is 10.6. The predicted molar refractivity (Wildman–Crippen MR) is 95.0 cm³/mol. The Kier molecular flexibility index (Phi) is 4.37. The van der Waals surface area contributed by atoms with E-state index in [1.165, 1.54) is 11.1 Å². The number of likely N-dealkylation sites (tertiary alicyclic amines) is 1. The summed E-state index contributed by atoms with van der Waals surface area (Å²) in [5, 5.41) is 11.6. The summed E-state index contributed by atoms with van der Waals surface area (Å²) in [4.78, 5) is 6.88. The molecule has 128 valence electrons. The minimum Gasteiger partial charge on any atom is -0.385 e. The van der Waals surface area contributed by atoms with Gasteiger partial charge in [-0.3, -0.25) is 4.90 Å². The fraction of sp³-hybridized carbons (Fsp3) is 0.526. The highest BCUT2D eigenvalue weighted by atomic mass is 35.5. The Labute approximate surface area is 148 Å². The summed E-state index contributed by atoms with van der Waals surface area (Å²) in [7, 11) is 1.94. The van der Waals surface area contributed by atoms with Crippen LogP contribution in [0.4, 0.5) is 0 Å². The molecule has 2 heterocycles. The van der Waals surface area contributed by atoms with Gasteiger partial charge in [-0.2, -0.15) is 0 Å². The predicted octanol–water partition coefficient (Wildman–Crippen LogP) is 3.51. The van der Waals surface area contributed by atoms with Crippen LogP contribution in [0.1, 0.15) is 48.4 Å². The van der Waals surface area contributed by atoms with Crippen LogP contribution in [-0.2, 0) is 13.5 Å². The smallest absolute Gasteiger partial charge is 0.137 e. The number of aromatic nitrogens is 2. The van der Waals surface area contributed by atoms with Crippen molar-refractivity contribution in [2.75, 3.05) is 13.1 Å². The van der Waals surface area contributed by atoms with Crippen molar-refractivity contribution in [1.29, 1.82) is 0 Å². The second kappa shape index (κ2) is 6.51. The monoisotopic (exact) mass is 345 g/mol. The topological polar surface area (TPSA) is 41.3 Å². The number of imidazole rings is 1. The number of piperidine rings is 1. The lowest BCUT2D eigenvalue weighted by molar-refractivity contribution is 0.0383. The largest absolute Gasteiger partial charge is 0.385 e. The molecule has 0 bridgehead atoms. The minimum atomic E-state index is -0.461. The molecular formula is C19H24ClN3O. The second-order valence-electron chi connectivity index (χ2n) is 7.08. The first-order valence-corrected chi connectivity index (χ1v) is 9.19. The Morgan fingerprint density at radius 3 is 2.75 bits per heavy atom. The summed E-state index contributed by atoms with van der Waals surface area (Å²) in [6.07, 6.45) is 7.46. The van der Waals surface area contributed by atoms with Crippen LogP contribution in [-0.4, -0.2) is 32.6 Å². The Hall–Kier alpha value is -1.36. The molecule has 1 saturated heterocycles. The van der Waals surface area contributed by atoms with Gasteiger partial charge < -0.3 is 9.67 Å². The van der Waals surface area contributed by atoms with Gasteiger partial charge in [0.1, 0.15) is 11.9 Å². The van der Waals surface area contributed by atoms with Gasteiger partial charge in [-0.15, -0.1) is 0 Å². The van der Waals surface area contributed by atoms with Gasteiger partial charge in [-0.1, -0.05) is 23.7 Å². The number of hydrogen-bond donors (Lipinski definition) is 1. The van der Waals surface area contributed by atoms with Gasteiger partial charge in [0.2, 0.25) is 0 Å². The van der Waals surface area contributed by atoms with Crippen molar-refractivity contribution in [3.8, 4) is 0 Å². The highest BCUT2D eigenvalue weighted by molar-refractivity contribution is 6.31. The molecule has 1 aromatic heterocycles. The summed E-state index contributed by atoms with van der Waals surface area (Å²) in [6.45, 7) is 2.06. The standard InChI is InChI=1S/C19H24ClN3O/c1-22-12-9-21-19(22)18(24)13-7-10-23(11-8-13)17-6-5-14-15(17)3-2-4-16(14)20/h2-4,9,12-13,17-18,24H,5-8,10-11H2,1H3. The van der Waals surface area contributed by atoms with Crippen molar-refractivity contribution >= 4 is 11.6 Å². The number of fused-ring (bicyclic) bond motifs is 1. The van der Waals surface area contributed by atoms with Crippen LogP contribution in [0.3, 0.4) is 0 Å². The third-order valence-corrected chi connectivity index (χ3v) is 6.12. The zero-order valence-corrected chi connectivity index (χ0v) is 14.8. The Balaban J connectivity index is 1.43. The normalized spacial score (nSPS) is 23.4. The molecule has 4 rings (SSSR count). The lowest BCUT2D eigenvalue weighted by Crippen LogP contribution is -2.38. The van der Waals surface area contributed by atoms with E-state index < -0.39 is 6.10 Å². The third-order valence-electron chi connectivity index (χ3n) is 5.77. The molecule has 1 aliphatic heterocycles. The average Bonchev–Trinajstić information content (AvgIpc) is 3.21. The van der Waals surface area contributed by atoms with Crippen LogP contribution in [0.5, 0.6) is 0 Å². The second-order valence-corrected chi connectivity index (χ2v) is 7.48. The van der Waals surface area contributed by atoms with Crippen LogP contribution in [0.15, 0.2) is 30.6 Å². The molecule has 0 radical (unpaired) electrons. The molecule has 1 aromatic carbocycles. The van der Waals surface area contributed by atoms with Gasteiger partial charge in [0.15, 0.2) is 0 Å². The Morgan fingerprint density at radius 2 is 2.04 bits per heavy atom. The van der Waals surface area contributed by atoms with Gasteiger partial charge in [-0.05, 0) is 61.9 Å². The maximum atomic E-state index is 10.6. The summed E-state index contributed by atoms with van der Waals surface area (Å²) in [6, 6.07) is 6.79. The molecule has 2 atom stereocenters. The lowest BCUT2D eigenvalue weighted by atomic mass is 9.89. The van der Waals surface area contributed by atoms with Crippen molar-refractivity contribution in [3.05, 3.63) is 52.6 Å². The zero-order chi connectivity index (χ0) is 16.7. The number of nitrogens with zero attached hydrogens (tertiary/aromatic N) is 3. The number of halogens is 1. The van der Waals surface area contributed by atoms with E-state index in [-0.39, 0.29) is 0 Å². The van der Waals surface area contributed by atoms with Crippen LogP contribution >= 0.6 is 11.6 Å². The van der Waals surface area contributed by atoms with E-state index >= 15 is 0 Å². The van der Waals surface area contributed by atoms with Crippen molar-refractivity contribution < 1.29 is 5.11 Å². The highest BCUT2D eigenvalue weighted by Crippen LogP contribution is 2.41. The van der Waals surface area contributed by atoms with Crippen molar-refractivity contribution in [1.82, 2.24) is 14.5 Å². The zero-order valence-electron chi connectivity index (χ0n) is 14.0. The first-order valence-electron chi connectivity index (χ1n) is 8.81. The van der Waals surface area contributed by atoms with E-state index in [9.17, 15) is 5.11 Å². The molecule has 0 saturated carbocycles. The highest BCUT2D eigenvalue weighted by Gasteiger charge is 2.34. The number of aliphatic hydroxyl groups excluding tert-OH is 1. The fourth-order valence-electron chi connectivity index (χ4n) is 4.39. The fourth-order valence-corrected chi connectivity index (χ4v) is 4.66. The quantitative estimate of drug-likeness (QED) is 0.925. The molecule has 0 spiro atoms. The average molecular weight is 346 g/mol. The summed E-state index contributed by atoms with van der Waals surface area (Å²) in [5.74, 6) is 1.08. The molecule has 4 nitrogen and oxygen atoms in total. The van der Waals surface area contributed by atoms with E-state index in [0.717, 1.165) is 49.6 Å². The molecule has 24 heavy (non-hydrogen) atoms. The van der Waals surface area contributed by atoms with E-state index in [2.05, 4.69) is 22.0 Å². The lowest BCUT2D eigenvalue weighted by Gasteiger charge is -2.37.